The summed E-state index contributed by atoms with van der Waals surface area (Å²) < 4.78 is 0. The van der Waals surface area contributed by atoms with Crippen LogP contribution >= 0.6 is 11.6 Å². The van der Waals surface area contributed by atoms with Gasteiger partial charge in [-0.3, -0.25) is 4.79 Å². The average molecular weight is 642 g/mol. The first-order chi connectivity index (χ1) is 21.7. The molecule has 0 aromatic heterocycles. The van der Waals surface area contributed by atoms with Crippen LogP contribution in [-0.4, -0.2) is 24.5 Å². The molecule has 0 saturated heterocycles. The Bertz CT molecular complexity index is 580. The molecule has 0 radical (unpaired) electrons. The topological polar surface area (TPSA) is 58.5 Å². The molecule has 0 fully saturated rings. The predicted molar refractivity (Wildman–Crippen MR) is 196 cm³/mol. The number of isocyanates is 1. The van der Waals surface area contributed by atoms with Gasteiger partial charge in [0.15, 0.2) is 0 Å². The molecule has 0 aliphatic rings. The van der Waals surface area contributed by atoms with E-state index in [1.807, 2.05) is 0 Å². The minimum Gasteiger partial charge on any atom is -0.343 e. The number of nitrogens with zero attached hydrogens (tertiary/aromatic N) is 1. The zero-order valence-electron chi connectivity index (χ0n) is 29.9. The highest BCUT2D eigenvalue weighted by Crippen LogP contribution is 2.15. The van der Waals surface area contributed by atoms with Crippen molar-refractivity contribution in [2.45, 2.75) is 226 Å². The number of unbranched alkanes of at least 4 members (excludes halogenated alkanes) is 31. The van der Waals surface area contributed by atoms with E-state index in [1.54, 1.807) is 6.08 Å². The van der Waals surface area contributed by atoms with Gasteiger partial charge in [0.2, 0.25) is 6.08 Å². The first-order valence-electron chi connectivity index (χ1n) is 19.7. The lowest BCUT2D eigenvalue weighted by atomic mass is 10.0. The van der Waals surface area contributed by atoms with Gasteiger partial charge in [0.1, 0.15) is 0 Å². The Morgan fingerprint density at radius 1 is 0.455 bits per heavy atom. The van der Waals surface area contributed by atoms with E-state index in [2.05, 4.69) is 24.2 Å². The van der Waals surface area contributed by atoms with E-state index in [4.69, 9.17) is 11.6 Å². The van der Waals surface area contributed by atoms with Gasteiger partial charge in [-0.2, -0.15) is 0 Å². The molecule has 1 N–H and O–H groups in total. The minimum atomic E-state index is -0.429. The van der Waals surface area contributed by atoms with Crippen LogP contribution in [0.15, 0.2) is 4.99 Å². The zero-order chi connectivity index (χ0) is 32.4. The molecule has 4 nitrogen and oxygen atoms in total. The van der Waals surface area contributed by atoms with Gasteiger partial charge in [-0.15, -0.1) is 0 Å². The van der Waals surface area contributed by atoms with Crippen LogP contribution in [0.4, 0.5) is 4.79 Å². The molecule has 0 bridgehead atoms. The fourth-order valence-corrected chi connectivity index (χ4v) is 5.92. The van der Waals surface area contributed by atoms with Gasteiger partial charge in [-0.1, -0.05) is 213 Å². The summed E-state index contributed by atoms with van der Waals surface area (Å²) in [6, 6.07) is 0. The first kappa shape index (κ1) is 45.3. The maximum Gasteiger partial charge on any atom is 0.313 e. The molecule has 0 aliphatic heterocycles. The summed E-state index contributed by atoms with van der Waals surface area (Å²) >= 11 is 5.20. The molecule has 262 valence electrons. The number of nitrogens with one attached hydrogen (secondary N) is 1. The van der Waals surface area contributed by atoms with Crippen molar-refractivity contribution >= 4 is 23.0 Å². The third kappa shape index (κ3) is 48.1. The van der Waals surface area contributed by atoms with Crippen LogP contribution in [-0.2, 0) is 4.79 Å². The molecule has 0 spiro atoms. The Balaban J connectivity index is 0. The van der Waals surface area contributed by atoms with Crippen LogP contribution in [0.25, 0.3) is 0 Å². The third-order valence-corrected chi connectivity index (χ3v) is 8.87. The van der Waals surface area contributed by atoms with Gasteiger partial charge in [0, 0.05) is 6.54 Å². The second kappa shape index (κ2) is 44.3. The molecule has 0 atom stereocenters. The van der Waals surface area contributed by atoms with Crippen molar-refractivity contribution < 1.29 is 9.59 Å². The Kier molecular flexibility index (Phi) is 45.5. The fourth-order valence-electron chi connectivity index (χ4n) is 5.82. The van der Waals surface area contributed by atoms with E-state index in [0.29, 0.717) is 6.54 Å². The van der Waals surface area contributed by atoms with Crippen molar-refractivity contribution in [3.8, 4) is 0 Å². The van der Waals surface area contributed by atoms with Crippen LogP contribution in [0.1, 0.15) is 226 Å². The quantitative estimate of drug-likeness (QED) is 0.0246. The van der Waals surface area contributed by atoms with Gasteiger partial charge in [0.05, 0.1) is 6.54 Å². The smallest absolute Gasteiger partial charge is 0.313 e. The Labute approximate surface area is 281 Å². The summed E-state index contributed by atoms with van der Waals surface area (Å²) in [7, 11) is 0. The number of hydrogen-bond acceptors (Lipinski definition) is 3. The van der Waals surface area contributed by atoms with Gasteiger partial charge in [-0.25, -0.2) is 9.79 Å². The molecule has 0 aliphatic carbocycles. The third-order valence-electron chi connectivity index (χ3n) is 8.73. The molecule has 0 unspecified atom stereocenters. The summed E-state index contributed by atoms with van der Waals surface area (Å²) in [5.74, 6) is 0. The van der Waals surface area contributed by atoms with Crippen molar-refractivity contribution in [3.63, 3.8) is 0 Å². The van der Waals surface area contributed by atoms with Gasteiger partial charge in [0.25, 0.3) is 0 Å². The van der Waals surface area contributed by atoms with Crippen molar-refractivity contribution in [3.05, 3.63) is 0 Å². The van der Waals surface area contributed by atoms with Crippen LogP contribution in [0.5, 0.6) is 0 Å². The molecule has 0 aromatic rings. The molecule has 5 heteroatoms. The van der Waals surface area contributed by atoms with Crippen molar-refractivity contribution in [2.24, 2.45) is 4.99 Å². The summed E-state index contributed by atoms with van der Waals surface area (Å²) in [6.07, 6.45) is 47.0. The maximum absolute atomic E-state index is 10.5. The number of hydrogen-bond donors (Lipinski definition) is 1. The summed E-state index contributed by atoms with van der Waals surface area (Å²) in [5.41, 5.74) is 0. The largest absolute Gasteiger partial charge is 0.343 e. The Morgan fingerprint density at radius 2 is 0.705 bits per heavy atom. The predicted octanol–water partition coefficient (Wildman–Crippen LogP) is 14.2. The fraction of sp³-hybridized carbons (Fsp3) is 0.949. The number of amides is 1. The molecule has 0 aromatic carbocycles. The minimum absolute atomic E-state index is 0.429. The lowest BCUT2D eigenvalue weighted by Gasteiger charge is -2.04. The van der Waals surface area contributed by atoms with E-state index >= 15 is 0 Å². The molecular weight excluding hydrogens is 564 g/mol. The molecular formula is C39H77ClN2O2. The summed E-state index contributed by atoms with van der Waals surface area (Å²) in [5, 5.41) is 2.20. The van der Waals surface area contributed by atoms with Gasteiger partial charge in [-0.05, 0) is 24.4 Å². The number of carbonyl (C=O) groups excluding carboxylic acids is 2. The molecule has 1 amide bonds. The molecule has 0 heterocycles. The number of halogens is 1. The Morgan fingerprint density at radius 3 is 0.955 bits per heavy atom. The molecule has 0 saturated carbocycles. The lowest BCUT2D eigenvalue weighted by Crippen LogP contribution is -2.17. The highest BCUT2D eigenvalue weighted by Gasteiger charge is 1.97. The number of aliphatic imine (C=N–C) groups is 1. The van der Waals surface area contributed by atoms with E-state index in [1.165, 1.54) is 199 Å². The van der Waals surface area contributed by atoms with Crippen LogP contribution < -0.4 is 5.32 Å². The summed E-state index contributed by atoms with van der Waals surface area (Å²) in [4.78, 5) is 23.9. The highest BCUT2D eigenvalue weighted by molar-refractivity contribution is 6.62. The van der Waals surface area contributed by atoms with Crippen molar-refractivity contribution in [1.29, 1.82) is 0 Å². The average Bonchev–Trinajstić information content (AvgIpc) is 3.02. The van der Waals surface area contributed by atoms with Gasteiger partial charge < -0.3 is 5.32 Å². The highest BCUT2D eigenvalue weighted by atomic mass is 35.5. The lowest BCUT2D eigenvalue weighted by molar-refractivity contribution is 0.259. The van der Waals surface area contributed by atoms with Gasteiger partial charge >= 0.3 is 5.37 Å². The SMILES string of the molecule is CCCCCCCCCCCCCCCCCCCNC(=O)Cl.CCCCCCCCCCCCCCCCCCN=C=O. The number of carbonyl (C=O) groups is 1. The zero-order valence-corrected chi connectivity index (χ0v) is 30.6. The summed E-state index contributed by atoms with van der Waals surface area (Å²) in [6.45, 7) is 5.95. The second-order valence-corrected chi connectivity index (χ2v) is 13.5. The van der Waals surface area contributed by atoms with Crippen LogP contribution in [0, 0.1) is 0 Å². The van der Waals surface area contributed by atoms with E-state index in [-0.39, 0.29) is 0 Å². The van der Waals surface area contributed by atoms with Crippen molar-refractivity contribution in [2.75, 3.05) is 13.1 Å². The second-order valence-electron chi connectivity index (χ2n) is 13.1. The first-order valence-corrected chi connectivity index (χ1v) is 20.0. The van der Waals surface area contributed by atoms with Crippen LogP contribution in [0.2, 0.25) is 0 Å². The van der Waals surface area contributed by atoms with Crippen LogP contribution in [0.3, 0.4) is 0 Å². The maximum atomic E-state index is 10.5. The van der Waals surface area contributed by atoms with E-state index in [0.717, 1.165) is 19.4 Å². The standard InChI is InChI=1S/C20H40ClNO.C19H37NO/c1-2-3-4-5-6-7-8-9-10-11-12-13-14-15-16-17-18-19-22-20(21)23;1-2-3-4-5-6-7-8-9-10-11-12-13-14-15-16-17-18-20-19-21/h2-19H2,1H3,(H,22,23);2-18H2,1H3. The van der Waals surface area contributed by atoms with Crippen molar-refractivity contribution in [1.82, 2.24) is 5.32 Å². The number of rotatable bonds is 35. The normalized spacial score (nSPS) is 10.7. The Hall–Kier alpha value is -0.860. The molecule has 0 rings (SSSR count). The molecule has 44 heavy (non-hydrogen) atoms. The van der Waals surface area contributed by atoms with E-state index < -0.39 is 5.37 Å². The monoisotopic (exact) mass is 641 g/mol. The van der Waals surface area contributed by atoms with E-state index in [9.17, 15) is 9.59 Å².